The van der Waals surface area contributed by atoms with Crippen molar-refractivity contribution in [3.63, 3.8) is 0 Å². The van der Waals surface area contributed by atoms with E-state index < -0.39 is 0 Å². The minimum absolute atomic E-state index is 0.756. The third-order valence-electron chi connectivity index (χ3n) is 4.22. The lowest BCUT2D eigenvalue weighted by Crippen LogP contribution is -2.38. The molecule has 1 saturated heterocycles. The Morgan fingerprint density at radius 2 is 2.00 bits per heavy atom. The van der Waals surface area contributed by atoms with E-state index in [4.69, 9.17) is 9.72 Å². The number of thioether (sulfide) groups is 1. The number of nitriles is 1. The summed E-state index contributed by atoms with van der Waals surface area (Å²) in [5.74, 6) is 1.87. The summed E-state index contributed by atoms with van der Waals surface area (Å²) in [6, 6.07) is 2.40. The first kappa shape index (κ1) is 15.4. The molecule has 22 heavy (non-hydrogen) atoms. The predicted octanol–water partition coefficient (Wildman–Crippen LogP) is 2.95. The molecule has 1 aliphatic carbocycles. The lowest BCUT2D eigenvalue weighted by Gasteiger charge is -2.32. The fourth-order valence-corrected chi connectivity index (χ4v) is 3.91. The minimum atomic E-state index is 0.756. The van der Waals surface area contributed by atoms with Crippen molar-refractivity contribution >= 4 is 17.6 Å². The predicted molar refractivity (Wildman–Crippen MR) is 89.5 cm³/mol. The van der Waals surface area contributed by atoms with Crippen molar-refractivity contribution < 1.29 is 4.74 Å². The van der Waals surface area contributed by atoms with Crippen LogP contribution in [0.5, 0.6) is 0 Å². The van der Waals surface area contributed by atoms with E-state index in [1.807, 2.05) is 6.08 Å². The van der Waals surface area contributed by atoms with E-state index in [0.717, 1.165) is 61.3 Å². The second kappa shape index (κ2) is 7.17. The molecule has 5 heteroatoms. The van der Waals surface area contributed by atoms with E-state index in [1.165, 1.54) is 24.0 Å². The van der Waals surface area contributed by atoms with Crippen molar-refractivity contribution in [1.82, 2.24) is 4.98 Å². The van der Waals surface area contributed by atoms with Crippen molar-refractivity contribution in [2.45, 2.75) is 30.7 Å². The third-order valence-corrected chi connectivity index (χ3v) is 5.19. The standard InChI is InChI=1S/C17H21N3OS/c1-2-11-22-17-15(12-18)13-5-3-4-6-14(13)16(19-17)20-7-9-21-10-8-20/h2H,1,3-11H2. The maximum absolute atomic E-state index is 9.61. The van der Waals surface area contributed by atoms with Gasteiger partial charge < -0.3 is 9.64 Å². The lowest BCUT2D eigenvalue weighted by molar-refractivity contribution is 0.122. The topological polar surface area (TPSA) is 49.2 Å². The number of ether oxygens (including phenoxy) is 1. The van der Waals surface area contributed by atoms with Gasteiger partial charge in [-0.25, -0.2) is 4.98 Å². The number of pyridine rings is 1. The molecule has 116 valence electrons. The first-order chi connectivity index (χ1) is 10.8. The SMILES string of the molecule is C=CCSc1nc(N2CCOCC2)c2c(c1C#N)CCCC2. The van der Waals surface area contributed by atoms with Crippen LogP contribution in [0.4, 0.5) is 5.82 Å². The van der Waals surface area contributed by atoms with Gasteiger partial charge in [-0.05, 0) is 36.8 Å². The van der Waals surface area contributed by atoms with E-state index in [1.54, 1.807) is 11.8 Å². The van der Waals surface area contributed by atoms with Crippen LogP contribution in [0, 0.1) is 11.3 Å². The van der Waals surface area contributed by atoms with Crippen LogP contribution in [0.2, 0.25) is 0 Å². The van der Waals surface area contributed by atoms with E-state index in [-0.39, 0.29) is 0 Å². The highest BCUT2D eigenvalue weighted by molar-refractivity contribution is 7.99. The van der Waals surface area contributed by atoms with Crippen LogP contribution in [0.3, 0.4) is 0 Å². The molecule has 2 aliphatic rings. The number of nitrogens with zero attached hydrogens (tertiary/aromatic N) is 3. The lowest BCUT2D eigenvalue weighted by atomic mass is 9.89. The van der Waals surface area contributed by atoms with E-state index in [2.05, 4.69) is 17.5 Å². The molecule has 0 spiro atoms. The average Bonchev–Trinajstić information content (AvgIpc) is 2.59. The zero-order valence-corrected chi connectivity index (χ0v) is 13.6. The highest BCUT2D eigenvalue weighted by Crippen LogP contribution is 2.36. The molecule has 0 amide bonds. The Kier molecular flexibility index (Phi) is 5.01. The van der Waals surface area contributed by atoms with Crippen LogP contribution in [-0.4, -0.2) is 37.0 Å². The Bertz CT molecular complexity index is 603. The smallest absolute Gasteiger partial charge is 0.133 e. The summed E-state index contributed by atoms with van der Waals surface area (Å²) >= 11 is 1.61. The number of hydrogen-bond acceptors (Lipinski definition) is 5. The molecular formula is C17H21N3OS. The van der Waals surface area contributed by atoms with Crippen LogP contribution in [-0.2, 0) is 17.6 Å². The minimum Gasteiger partial charge on any atom is -0.378 e. The zero-order valence-electron chi connectivity index (χ0n) is 12.8. The average molecular weight is 315 g/mol. The van der Waals surface area contributed by atoms with Gasteiger partial charge >= 0.3 is 0 Å². The Morgan fingerprint density at radius 1 is 1.27 bits per heavy atom. The Labute approximate surface area is 136 Å². The van der Waals surface area contributed by atoms with Crippen LogP contribution in [0.15, 0.2) is 17.7 Å². The molecule has 0 radical (unpaired) electrons. The summed E-state index contributed by atoms with van der Waals surface area (Å²) in [6.45, 7) is 7.06. The van der Waals surface area contributed by atoms with E-state index >= 15 is 0 Å². The first-order valence-electron chi connectivity index (χ1n) is 7.87. The summed E-state index contributed by atoms with van der Waals surface area (Å²) < 4.78 is 5.47. The molecule has 0 bridgehead atoms. The number of rotatable bonds is 4. The normalized spacial score (nSPS) is 17.7. The zero-order chi connectivity index (χ0) is 15.4. The monoisotopic (exact) mass is 315 g/mol. The molecule has 1 aromatic rings. The second-order valence-electron chi connectivity index (χ2n) is 5.59. The van der Waals surface area contributed by atoms with Crippen molar-refractivity contribution in [2.75, 3.05) is 37.0 Å². The van der Waals surface area contributed by atoms with Gasteiger partial charge in [0.25, 0.3) is 0 Å². The Balaban J connectivity index is 2.07. The Hall–Kier alpha value is -1.51. The number of aromatic nitrogens is 1. The Morgan fingerprint density at radius 3 is 2.68 bits per heavy atom. The first-order valence-corrected chi connectivity index (χ1v) is 8.86. The quantitative estimate of drug-likeness (QED) is 0.631. The summed E-state index contributed by atoms with van der Waals surface area (Å²) in [6.07, 6.45) is 6.26. The van der Waals surface area contributed by atoms with Gasteiger partial charge in [0.2, 0.25) is 0 Å². The van der Waals surface area contributed by atoms with Gasteiger partial charge in [-0.1, -0.05) is 6.08 Å². The molecule has 3 rings (SSSR count). The van der Waals surface area contributed by atoms with Gasteiger partial charge in [0.1, 0.15) is 16.9 Å². The molecule has 0 saturated carbocycles. The molecule has 0 unspecified atom stereocenters. The maximum atomic E-state index is 9.61. The van der Waals surface area contributed by atoms with Crippen LogP contribution < -0.4 is 4.90 Å². The highest BCUT2D eigenvalue weighted by Gasteiger charge is 2.25. The number of morpholine rings is 1. The van der Waals surface area contributed by atoms with E-state index in [0.29, 0.717) is 0 Å². The molecule has 4 nitrogen and oxygen atoms in total. The molecule has 1 fully saturated rings. The summed E-state index contributed by atoms with van der Waals surface area (Å²) in [5.41, 5.74) is 3.32. The fraction of sp³-hybridized carbons (Fsp3) is 0.529. The summed E-state index contributed by atoms with van der Waals surface area (Å²) in [7, 11) is 0. The van der Waals surface area contributed by atoms with Crippen LogP contribution in [0.25, 0.3) is 0 Å². The van der Waals surface area contributed by atoms with Gasteiger partial charge in [0.15, 0.2) is 0 Å². The van der Waals surface area contributed by atoms with Gasteiger partial charge in [0.05, 0.1) is 18.8 Å². The van der Waals surface area contributed by atoms with Gasteiger partial charge in [-0.15, -0.1) is 18.3 Å². The fourth-order valence-electron chi connectivity index (χ4n) is 3.17. The van der Waals surface area contributed by atoms with E-state index in [9.17, 15) is 5.26 Å². The number of anilines is 1. The van der Waals surface area contributed by atoms with Crippen molar-refractivity contribution in [3.05, 3.63) is 29.3 Å². The molecule has 0 N–H and O–H groups in total. The van der Waals surface area contributed by atoms with Crippen LogP contribution >= 0.6 is 11.8 Å². The molecule has 0 atom stereocenters. The van der Waals surface area contributed by atoms with Crippen LogP contribution in [0.1, 0.15) is 29.5 Å². The molecule has 1 aliphatic heterocycles. The second-order valence-corrected chi connectivity index (χ2v) is 6.60. The highest BCUT2D eigenvalue weighted by atomic mass is 32.2. The largest absolute Gasteiger partial charge is 0.378 e. The van der Waals surface area contributed by atoms with Gasteiger partial charge in [0, 0.05) is 18.8 Å². The third kappa shape index (κ3) is 2.99. The number of fused-ring (bicyclic) bond motifs is 1. The maximum Gasteiger partial charge on any atom is 0.133 e. The number of hydrogen-bond donors (Lipinski definition) is 0. The molecule has 2 heterocycles. The van der Waals surface area contributed by atoms with Gasteiger partial charge in [-0.2, -0.15) is 5.26 Å². The van der Waals surface area contributed by atoms with Crippen molar-refractivity contribution in [1.29, 1.82) is 5.26 Å². The van der Waals surface area contributed by atoms with Crippen molar-refractivity contribution in [2.24, 2.45) is 0 Å². The molecule has 0 aromatic carbocycles. The van der Waals surface area contributed by atoms with Gasteiger partial charge in [-0.3, -0.25) is 0 Å². The van der Waals surface area contributed by atoms with Crippen molar-refractivity contribution in [3.8, 4) is 6.07 Å². The molecule has 1 aromatic heterocycles. The summed E-state index contributed by atoms with van der Waals surface area (Å²) in [4.78, 5) is 7.21. The molecular weight excluding hydrogens is 294 g/mol. The summed E-state index contributed by atoms with van der Waals surface area (Å²) in [5, 5.41) is 10.5.